The highest BCUT2D eigenvalue weighted by molar-refractivity contribution is 5.95. The van der Waals surface area contributed by atoms with Crippen LogP contribution in [0.1, 0.15) is 38.4 Å². The van der Waals surface area contributed by atoms with Crippen molar-refractivity contribution in [1.82, 2.24) is 25.0 Å². The fraction of sp³-hybridized carbons (Fsp3) is 0.300. The summed E-state index contributed by atoms with van der Waals surface area (Å²) in [7, 11) is 1.89. The Kier molecular flexibility index (Phi) is 4.12. The molecule has 0 fully saturated rings. The Morgan fingerprint density at radius 3 is 2.77 bits per heavy atom. The molecule has 6 heteroatoms. The molecule has 134 valence electrons. The molecule has 1 amide bonds. The number of benzene rings is 1. The van der Waals surface area contributed by atoms with Gasteiger partial charge in [-0.15, -0.1) is 0 Å². The summed E-state index contributed by atoms with van der Waals surface area (Å²) in [4.78, 5) is 12.7. The van der Waals surface area contributed by atoms with E-state index in [0.29, 0.717) is 12.1 Å². The fourth-order valence-electron chi connectivity index (χ4n) is 3.60. The average Bonchev–Trinajstić information content (AvgIpc) is 3.31. The summed E-state index contributed by atoms with van der Waals surface area (Å²) < 4.78 is 3.77. The van der Waals surface area contributed by atoms with Crippen LogP contribution < -0.4 is 10.6 Å². The second-order valence-corrected chi connectivity index (χ2v) is 6.86. The Bertz CT molecular complexity index is 982. The zero-order chi connectivity index (χ0) is 18.3. The third kappa shape index (κ3) is 2.93. The van der Waals surface area contributed by atoms with E-state index in [0.717, 1.165) is 35.9 Å². The van der Waals surface area contributed by atoms with Gasteiger partial charge >= 0.3 is 0 Å². The molecule has 0 saturated carbocycles. The SMILES string of the molecule is Cc1cc(C(=O)NCc2ccc3c(c2)CNC3)c(C)n1-c1ccn(C)n1. The predicted molar refractivity (Wildman–Crippen MR) is 100 cm³/mol. The first-order chi connectivity index (χ1) is 12.5. The summed E-state index contributed by atoms with van der Waals surface area (Å²) in [5.41, 5.74) is 6.38. The van der Waals surface area contributed by atoms with Crippen molar-refractivity contribution in [1.29, 1.82) is 0 Å². The number of carbonyl (C=O) groups excluding carboxylic acids is 1. The van der Waals surface area contributed by atoms with E-state index in [-0.39, 0.29) is 5.91 Å². The van der Waals surface area contributed by atoms with Crippen molar-refractivity contribution >= 4 is 5.91 Å². The van der Waals surface area contributed by atoms with Crippen LogP contribution in [0.5, 0.6) is 0 Å². The molecule has 0 saturated heterocycles. The van der Waals surface area contributed by atoms with Gasteiger partial charge in [-0.1, -0.05) is 18.2 Å². The molecule has 2 aromatic heterocycles. The standard InChI is InChI=1S/C20H23N5O/c1-13-8-18(14(2)25(13)19-6-7-24(3)23-19)20(26)22-10-15-4-5-16-11-21-12-17(16)9-15/h4-9,21H,10-12H2,1-3H3,(H,22,26). The summed E-state index contributed by atoms with van der Waals surface area (Å²) in [6, 6.07) is 10.3. The van der Waals surface area contributed by atoms with Crippen molar-refractivity contribution in [3.63, 3.8) is 0 Å². The van der Waals surface area contributed by atoms with Crippen LogP contribution in [0.4, 0.5) is 0 Å². The van der Waals surface area contributed by atoms with Crippen LogP contribution in [0.25, 0.3) is 5.82 Å². The zero-order valence-electron chi connectivity index (χ0n) is 15.3. The summed E-state index contributed by atoms with van der Waals surface area (Å²) in [5.74, 6) is 0.770. The molecular formula is C20H23N5O. The minimum Gasteiger partial charge on any atom is -0.348 e. The van der Waals surface area contributed by atoms with E-state index in [4.69, 9.17) is 0 Å². The van der Waals surface area contributed by atoms with Crippen LogP contribution in [-0.4, -0.2) is 20.3 Å². The molecule has 6 nitrogen and oxygen atoms in total. The third-order valence-corrected chi connectivity index (χ3v) is 4.96. The van der Waals surface area contributed by atoms with Gasteiger partial charge in [0, 0.05) is 50.3 Å². The number of fused-ring (bicyclic) bond motifs is 1. The average molecular weight is 349 g/mol. The number of aryl methyl sites for hydroxylation is 2. The Labute approximate surface area is 152 Å². The number of hydrogen-bond acceptors (Lipinski definition) is 3. The topological polar surface area (TPSA) is 63.9 Å². The predicted octanol–water partition coefficient (Wildman–Crippen LogP) is 2.36. The lowest BCUT2D eigenvalue weighted by molar-refractivity contribution is 0.0950. The van der Waals surface area contributed by atoms with E-state index in [2.05, 4.69) is 33.9 Å². The van der Waals surface area contributed by atoms with Gasteiger partial charge in [-0.3, -0.25) is 9.48 Å². The number of hydrogen-bond donors (Lipinski definition) is 2. The van der Waals surface area contributed by atoms with E-state index >= 15 is 0 Å². The van der Waals surface area contributed by atoms with Crippen LogP contribution in [0.3, 0.4) is 0 Å². The Morgan fingerprint density at radius 2 is 2.00 bits per heavy atom. The molecule has 1 aromatic carbocycles. The Morgan fingerprint density at radius 1 is 1.19 bits per heavy atom. The van der Waals surface area contributed by atoms with E-state index < -0.39 is 0 Å². The molecule has 0 atom stereocenters. The number of amides is 1. The fourth-order valence-corrected chi connectivity index (χ4v) is 3.60. The molecule has 0 spiro atoms. The van der Waals surface area contributed by atoms with Crippen molar-refractivity contribution in [3.8, 4) is 5.82 Å². The molecule has 3 heterocycles. The maximum Gasteiger partial charge on any atom is 0.253 e. The summed E-state index contributed by atoms with van der Waals surface area (Å²) in [5, 5.41) is 10.8. The van der Waals surface area contributed by atoms with Gasteiger partial charge in [-0.05, 0) is 36.6 Å². The summed E-state index contributed by atoms with van der Waals surface area (Å²) >= 11 is 0. The van der Waals surface area contributed by atoms with Crippen molar-refractivity contribution in [2.75, 3.05) is 0 Å². The normalized spacial score (nSPS) is 13.0. The van der Waals surface area contributed by atoms with Crippen molar-refractivity contribution in [3.05, 3.63) is 70.2 Å². The van der Waals surface area contributed by atoms with Crippen LogP contribution in [0, 0.1) is 13.8 Å². The number of rotatable bonds is 4. The van der Waals surface area contributed by atoms with Crippen molar-refractivity contribution in [2.24, 2.45) is 7.05 Å². The Hall–Kier alpha value is -2.86. The van der Waals surface area contributed by atoms with Crippen LogP contribution in [0.15, 0.2) is 36.5 Å². The zero-order valence-corrected chi connectivity index (χ0v) is 15.3. The highest BCUT2D eigenvalue weighted by Gasteiger charge is 2.18. The van der Waals surface area contributed by atoms with Gasteiger partial charge in [0.15, 0.2) is 5.82 Å². The lowest BCUT2D eigenvalue weighted by Crippen LogP contribution is -2.23. The van der Waals surface area contributed by atoms with Crippen molar-refractivity contribution in [2.45, 2.75) is 33.5 Å². The van der Waals surface area contributed by atoms with Gasteiger partial charge in [0.05, 0.1) is 5.56 Å². The smallest absolute Gasteiger partial charge is 0.253 e. The molecule has 26 heavy (non-hydrogen) atoms. The van der Waals surface area contributed by atoms with Gasteiger partial charge in [0.2, 0.25) is 0 Å². The Balaban J connectivity index is 1.52. The quantitative estimate of drug-likeness (QED) is 0.760. The molecule has 1 aliphatic rings. The molecular weight excluding hydrogens is 326 g/mol. The second kappa shape index (κ2) is 6.46. The molecule has 4 rings (SSSR count). The van der Waals surface area contributed by atoms with Crippen molar-refractivity contribution < 1.29 is 4.79 Å². The van der Waals surface area contributed by atoms with Gasteiger partial charge in [-0.2, -0.15) is 5.10 Å². The first kappa shape index (κ1) is 16.6. The molecule has 0 aliphatic carbocycles. The second-order valence-electron chi connectivity index (χ2n) is 6.86. The lowest BCUT2D eigenvalue weighted by Gasteiger charge is -2.08. The maximum atomic E-state index is 12.7. The monoisotopic (exact) mass is 349 g/mol. The molecule has 1 aliphatic heterocycles. The molecule has 0 radical (unpaired) electrons. The summed E-state index contributed by atoms with van der Waals surface area (Å²) in [6.07, 6.45) is 1.90. The van der Waals surface area contributed by atoms with E-state index in [1.165, 1.54) is 11.1 Å². The highest BCUT2D eigenvalue weighted by atomic mass is 16.1. The number of nitrogens with one attached hydrogen (secondary N) is 2. The molecule has 0 unspecified atom stereocenters. The van der Waals surface area contributed by atoms with Gasteiger partial charge in [-0.25, -0.2) is 0 Å². The van der Waals surface area contributed by atoms with Gasteiger partial charge in [0.25, 0.3) is 5.91 Å². The molecule has 0 bridgehead atoms. The minimum atomic E-state index is -0.0566. The first-order valence-corrected chi connectivity index (χ1v) is 8.81. The number of aromatic nitrogens is 3. The van der Waals surface area contributed by atoms with Crippen LogP contribution in [-0.2, 0) is 26.7 Å². The molecule has 3 aromatic rings. The van der Waals surface area contributed by atoms with Crippen LogP contribution >= 0.6 is 0 Å². The van der Waals surface area contributed by atoms with E-state index in [9.17, 15) is 4.79 Å². The largest absolute Gasteiger partial charge is 0.348 e. The number of carbonyl (C=O) groups is 1. The van der Waals surface area contributed by atoms with Gasteiger partial charge in [0.1, 0.15) is 0 Å². The summed E-state index contributed by atoms with van der Waals surface area (Å²) in [6.45, 7) is 6.31. The maximum absolute atomic E-state index is 12.7. The highest BCUT2D eigenvalue weighted by Crippen LogP contribution is 2.20. The van der Waals surface area contributed by atoms with E-state index in [1.807, 2.05) is 43.8 Å². The van der Waals surface area contributed by atoms with Crippen LogP contribution in [0.2, 0.25) is 0 Å². The molecule has 2 N–H and O–H groups in total. The minimum absolute atomic E-state index is 0.0566. The van der Waals surface area contributed by atoms with Gasteiger partial charge < -0.3 is 15.2 Å². The number of nitrogens with zero attached hydrogens (tertiary/aromatic N) is 3. The lowest BCUT2D eigenvalue weighted by atomic mass is 10.1. The third-order valence-electron chi connectivity index (χ3n) is 4.96. The first-order valence-electron chi connectivity index (χ1n) is 8.81. The van der Waals surface area contributed by atoms with E-state index in [1.54, 1.807) is 4.68 Å².